The van der Waals surface area contributed by atoms with Gasteiger partial charge in [-0.05, 0) is 38.5 Å². The van der Waals surface area contributed by atoms with Gasteiger partial charge in [0.25, 0.3) is 0 Å². The van der Waals surface area contributed by atoms with Crippen LogP contribution in [-0.4, -0.2) is 36.4 Å². The monoisotopic (exact) mass is 550 g/mol. The van der Waals surface area contributed by atoms with Crippen molar-refractivity contribution in [3.05, 3.63) is 24.3 Å². The summed E-state index contributed by atoms with van der Waals surface area (Å²) in [6.45, 7) is 4.06. The van der Waals surface area contributed by atoms with E-state index in [2.05, 4.69) is 38.2 Å². The van der Waals surface area contributed by atoms with Gasteiger partial charge in [-0.15, -0.1) is 0 Å². The number of esters is 2. The fourth-order valence-electron chi connectivity index (χ4n) is 4.45. The molecule has 0 amide bonds. The standard InChI is InChI=1S/C34H62O5/c1-3-5-7-9-11-13-15-16-17-19-20-22-24-26-28-33(36)38-31-32(30-35)39-34(37)29-27-25-23-21-18-14-12-10-8-6-4-2/h9,11,15-16,32,35H,3-8,10,12-14,17-31H2,1-2H3/b11-9+,16-15+/t32-/m0/s1. The van der Waals surface area contributed by atoms with Crippen LogP contribution in [0.4, 0.5) is 0 Å². The van der Waals surface area contributed by atoms with Crippen LogP contribution in [0.5, 0.6) is 0 Å². The van der Waals surface area contributed by atoms with Gasteiger partial charge in [-0.1, -0.05) is 134 Å². The zero-order chi connectivity index (χ0) is 28.7. The third-order valence-corrected chi connectivity index (χ3v) is 7.00. The molecule has 0 fully saturated rings. The lowest BCUT2D eigenvalue weighted by atomic mass is 10.1. The highest BCUT2D eigenvalue weighted by Crippen LogP contribution is 2.13. The molecule has 0 spiro atoms. The van der Waals surface area contributed by atoms with Crippen molar-refractivity contribution in [2.24, 2.45) is 0 Å². The highest BCUT2D eigenvalue weighted by atomic mass is 16.6. The van der Waals surface area contributed by atoms with E-state index in [0.717, 1.165) is 51.4 Å². The van der Waals surface area contributed by atoms with E-state index < -0.39 is 6.10 Å². The molecule has 0 aliphatic heterocycles. The molecule has 0 aromatic rings. The third kappa shape index (κ3) is 29.2. The minimum Gasteiger partial charge on any atom is -0.462 e. The smallest absolute Gasteiger partial charge is 0.306 e. The second-order valence-electron chi connectivity index (χ2n) is 10.9. The zero-order valence-electron chi connectivity index (χ0n) is 25.6. The van der Waals surface area contributed by atoms with Crippen LogP contribution in [0, 0.1) is 0 Å². The van der Waals surface area contributed by atoms with Crippen LogP contribution in [0.25, 0.3) is 0 Å². The van der Waals surface area contributed by atoms with Crippen LogP contribution in [0.3, 0.4) is 0 Å². The van der Waals surface area contributed by atoms with Crippen molar-refractivity contribution >= 4 is 11.9 Å². The Morgan fingerprint density at radius 3 is 1.59 bits per heavy atom. The molecule has 0 aliphatic carbocycles. The van der Waals surface area contributed by atoms with Crippen LogP contribution in [0.2, 0.25) is 0 Å². The first-order valence-corrected chi connectivity index (χ1v) is 16.4. The number of unbranched alkanes of at least 4 members (excludes halogenated alkanes) is 17. The van der Waals surface area contributed by atoms with E-state index in [9.17, 15) is 14.7 Å². The number of allylic oxidation sites excluding steroid dienone is 4. The molecule has 0 heterocycles. The van der Waals surface area contributed by atoms with Gasteiger partial charge in [-0.2, -0.15) is 0 Å². The van der Waals surface area contributed by atoms with Gasteiger partial charge in [0.1, 0.15) is 6.61 Å². The van der Waals surface area contributed by atoms with Gasteiger partial charge in [-0.25, -0.2) is 0 Å². The molecule has 1 atom stereocenters. The number of hydrogen-bond donors (Lipinski definition) is 1. The van der Waals surface area contributed by atoms with Crippen molar-refractivity contribution in [2.75, 3.05) is 13.2 Å². The number of ether oxygens (including phenoxy) is 2. The Balaban J connectivity index is 3.61. The molecule has 228 valence electrons. The molecule has 0 saturated heterocycles. The van der Waals surface area contributed by atoms with Crippen LogP contribution in [0.15, 0.2) is 24.3 Å². The van der Waals surface area contributed by atoms with Crippen molar-refractivity contribution in [3.8, 4) is 0 Å². The molecule has 0 aromatic heterocycles. The van der Waals surface area contributed by atoms with Crippen LogP contribution in [-0.2, 0) is 19.1 Å². The number of rotatable bonds is 29. The molecule has 5 heteroatoms. The zero-order valence-corrected chi connectivity index (χ0v) is 25.6. The van der Waals surface area contributed by atoms with Crippen LogP contribution in [0.1, 0.15) is 162 Å². The van der Waals surface area contributed by atoms with Gasteiger partial charge >= 0.3 is 11.9 Å². The number of carbonyl (C=O) groups excluding carboxylic acids is 2. The lowest BCUT2D eigenvalue weighted by Crippen LogP contribution is -2.28. The molecule has 0 bridgehead atoms. The highest BCUT2D eigenvalue weighted by Gasteiger charge is 2.16. The molecule has 0 unspecified atom stereocenters. The second kappa shape index (κ2) is 30.9. The molecule has 0 aliphatic rings. The Morgan fingerprint density at radius 1 is 0.590 bits per heavy atom. The predicted molar refractivity (Wildman–Crippen MR) is 164 cm³/mol. The van der Waals surface area contributed by atoms with E-state index >= 15 is 0 Å². The summed E-state index contributed by atoms with van der Waals surface area (Å²) in [4.78, 5) is 24.0. The Bertz CT molecular complexity index is 598. The minimum absolute atomic E-state index is 0.0700. The van der Waals surface area contributed by atoms with E-state index in [4.69, 9.17) is 9.47 Å². The van der Waals surface area contributed by atoms with Crippen molar-refractivity contribution in [3.63, 3.8) is 0 Å². The maximum atomic E-state index is 12.1. The summed E-state index contributed by atoms with van der Waals surface area (Å²) in [6.07, 6.45) is 33.7. The van der Waals surface area contributed by atoms with E-state index in [0.29, 0.717) is 12.8 Å². The van der Waals surface area contributed by atoms with E-state index in [1.807, 2.05) is 0 Å². The largest absolute Gasteiger partial charge is 0.462 e. The van der Waals surface area contributed by atoms with Gasteiger partial charge in [0.05, 0.1) is 6.61 Å². The Morgan fingerprint density at radius 2 is 1.05 bits per heavy atom. The van der Waals surface area contributed by atoms with Gasteiger partial charge < -0.3 is 14.6 Å². The van der Waals surface area contributed by atoms with Crippen LogP contribution >= 0.6 is 0 Å². The van der Waals surface area contributed by atoms with Gasteiger partial charge in [-0.3, -0.25) is 9.59 Å². The molecule has 0 rings (SSSR count). The molecule has 39 heavy (non-hydrogen) atoms. The minimum atomic E-state index is -0.769. The Labute approximate surface area is 241 Å². The summed E-state index contributed by atoms with van der Waals surface area (Å²) < 4.78 is 10.5. The van der Waals surface area contributed by atoms with E-state index in [-0.39, 0.29) is 25.2 Å². The first-order valence-electron chi connectivity index (χ1n) is 16.4. The number of carbonyl (C=O) groups is 2. The molecule has 0 radical (unpaired) electrons. The molecule has 0 aromatic carbocycles. The topological polar surface area (TPSA) is 72.8 Å². The summed E-state index contributed by atoms with van der Waals surface area (Å²) in [5, 5.41) is 9.48. The SMILES string of the molecule is CCCC/C=C/C/C=C/CCCCCCCC(=O)OC[C@H](CO)OC(=O)CCCCCCCCCCCCC. The Kier molecular flexibility index (Phi) is 29.6. The van der Waals surface area contributed by atoms with Crippen molar-refractivity contribution < 1.29 is 24.2 Å². The predicted octanol–water partition coefficient (Wildman–Crippen LogP) is 9.56. The molecular formula is C34H62O5. The average molecular weight is 551 g/mol. The normalized spacial score (nSPS) is 12.4. The second-order valence-corrected chi connectivity index (χ2v) is 10.9. The van der Waals surface area contributed by atoms with Crippen molar-refractivity contribution in [1.82, 2.24) is 0 Å². The highest BCUT2D eigenvalue weighted by molar-refractivity contribution is 5.70. The van der Waals surface area contributed by atoms with Crippen molar-refractivity contribution in [2.45, 2.75) is 168 Å². The number of hydrogen-bond acceptors (Lipinski definition) is 5. The maximum Gasteiger partial charge on any atom is 0.306 e. The Hall–Kier alpha value is -1.62. The van der Waals surface area contributed by atoms with Gasteiger partial charge in [0.15, 0.2) is 6.10 Å². The summed E-state index contributed by atoms with van der Waals surface area (Å²) in [7, 11) is 0. The van der Waals surface area contributed by atoms with Crippen molar-refractivity contribution in [1.29, 1.82) is 0 Å². The summed E-state index contributed by atoms with van der Waals surface area (Å²) in [5.41, 5.74) is 0. The third-order valence-electron chi connectivity index (χ3n) is 7.00. The summed E-state index contributed by atoms with van der Waals surface area (Å²) >= 11 is 0. The summed E-state index contributed by atoms with van der Waals surface area (Å²) in [5.74, 6) is -0.607. The van der Waals surface area contributed by atoms with Gasteiger partial charge in [0.2, 0.25) is 0 Å². The first-order chi connectivity index (χ1) is 19.1. The van der Waals surface area contributed by atoms with E-state index in [1.165, 1.54) is 83.5 Å². The number of aliphatic hydroxyl groups is 1. The first kappa shape index (κ1) is 37.4. The molecule has 0 saturated carbocycles. The maximum absolute atomic E-state index is 12.1. The lowest BCUT2D eigenvalue weighted by Gasteiger charge is -2.15. The molecule has 1 N–H and O–H groups in total. The average Bonchev–Trinajstić information content (AvgIpc) is 2.94. The summed E-state index contributed by atoms with van der Waals surface area (Å²) in [6, 6.07) is 0. The lowest BCUT2D eigenvalue weighted by molar-refractivity contribution is -0.161. The quantitative estimate of drug-likeness (QED) is 0.0570. The molecular weight excluding hydrogens is 488 g/mol. The number of aliphatic hydroxyl groups excluding tert-OH is 1. The van der Waals surface area contributed by atoms with Gasteiger partial charge in [0, 0.05) is 12.8 Å². The fraction of sp³-hybridized carbons (Fsp3) is 0.824. The fourth-order valence-corrected chi connectivity index (χ4v) is 4.45. The van der Waals surface area contributed by atoms with E-state index in [1.54, 1.807) is 0 Å². The molecule has 5 nitrogen and oxygen atoms in total. The van der Waals surface area contributed by atoms with Crippen LogP contribution < -0.4 is 0 Å².